The van der Waals surface area contributed by atoms with Crippen LogP contribution in [0.15, 0.2) is 28.7 Å². The molecule has 2 unspecified atom stereocenters. The number of rotatable bonds is 5. The van der Waals surface area contributed by atoms with Gasteiger partial charge >= 0.3 is 0 Å². The Morgan fingerprint density at radius 2 is 1.85 bits per heavy atom. The summed E-state index contributed by atoms with van der Waals surface area (Å²) in [5.74, 6) is 0.244. The molecule has 2 fully saturated rings. The maximum atomic E-state index is 12.1. The summed E-state index contributed by atoms with van der Waals surface area (Å²) in [6, 6.07) is 7.63. The monoisotopic (exact) mass is 337 g/mol. The molecule has 0 amide bonds. The molecular formula is C16H20BrNO2. The van der Waals surface area contributed by atoms with Gasteiger partial charge < -0.3 is 4.74 Å². The molecule has 108 valence electrons. The molecule has 0 aliphatic carbocycles. The smallest absolute Gasteiger partial charge is 0.162 e. The lowest BCUT2D eigenvalue weighted by Gasteiger charge is -2.31. The van der Waals surface area contributed by atoms with E-state index in [1.54, 1.807) is 0 Å². The van der Waals surface area contributed by atoms with Gasteiger partial charge in [0.25, 0.3) is 0 Å². The zero-order valence-corrected chi connectivity index (χ0v) is 13.1. The fraction of sp³-hybridized carbons (Fsp3) is 0.562. The van der Waals surface area contributed by atoms with E-state index < -0.39 is 0 Å². The van der Waals surface area contributed by atoms with Crippen molar-refractivity contribution < 1.29 is 9.53 Å². The summed E-state index contributed by atoms with van der Waals surface area (Å²) in [4.78, 5) is 14.5. The van der Waals surface area contributed by atoms with Crippen LogP contribution in [0.1, 0.15) is 36.0 Å². The van der Waals surface area contributed by atoms with Crippen molar-refractivity contribution in [3.05, 3.63) is 34.3 Å². The maximum absolute atomic E-state index is 12.1. The molecule has 0 N–H and O–H groups in total. The highest BCUT2D eigenvalue weighted by molar-refractivity contribution is 9.10. The van der Waals surface area contributed by atoms with E-state index in [2.05, 4.69) is 20.8 Å². The molecule has 2 heterocycles. The highest BCUT2D eigenvalue weighted by atomic mass is 79.9. The molecule has 2 bridgehead atoms. The normalized spacial score (nSPS) is 25.9. The van der Waals surface area contributed by atoms with E-state index in [-0.39, 0.29) is 5.78 Å². The minimum absolute atomic E-state index is 0.244. The van der Waals surface area contributed by atoms with Crippen LogP contribution in [-0.2, 0) is 4.74 Å². The molecule has 3 nitrogen and oxygen atoms in total. The highest BCUT2D eigenvalue weighted by Crippen LogP contribution is 2.26. The van der Waals surface area contributed by atoms with Gasteiger partial charge in [-0.1, -0.05) is 28.1 Å². The Kier molecular flexibility index (Phi) is 4.54. The zero-order chi connectivity index (χ0) is 13.9. The molecule has 3 rings (SSSR count). The second kappa shape index (κ2) is 6.37. The summed E-state index contributed by atoms with van der Waals surface area (Å²) in [6.07, 6.45) is 4.87. The number of Topliss-reactive ketones (excluding diaryl/α,β-unsaturated/α-hetero) is 1. The van der Waals surface area contributed by atoms with E-state index in [1.807, 2.05) is 24.3 Å². The van der Waals surface area contributed by atoms with Crippen molar-refractivity contribution in [1.82, 2.24) is 4.90 Å². The number of ketones is 1. The van der Waals surface area contributed by atoms with Gasteiger partial charge in [-0.2, -0.15) is 0 Å². The number of likely N-dealkylation sites (tertiary alicyclic amines) is 1. The van der Waals surface area contributed by atoms with Gasteiger partial charge in [0.1, 0.15) is 0 Å². The summed E-state index contributed by atoms with van der Waals surface area (Å²) >= 11 is 3.39. The predicted octanol–water partition coefficient (Wildman–Crippen LogP) is 3.28. The molecule has 0 radical (unpaired) electrons. The van der Waals surface area contributed by atoms with Crippen molar-refractivity contribution in [3.63, 3.8) is 0 Å². The molecule has 0 spiro atoms. The van der Waals surface area contributed by atoms with Crippen molar-refractivity contribution in [2.75, 3.05) is 19.6 Å². The number of hydrogen-bond acceptors (Lipinski definition) is 3. The molecule has 1 aromatic carbocycles. The fourth-order valence-corrected chi connectivity index (χ4v) is 3.39. The first-order valence-corrected chi connectivity index (χ1v) is 8.16. The van der Waals surface area contributed by atoms with Gasteiger partial charge in [0, 0.05) is 29.5 Å². The van der Waals surface area contributed by atoms with Crippen molar-refractivity contribution in [2.24, 2.45) is 0 Å². The number of ether oxygens (including phenoxy) is 1. The van der Waals surface area contributed by atoms with E-state index in [9.17, 15) is 4.79 Å². The summed E-state index contributed by atoms with van der Waals surface area (Å²) in [5.41, 5.74) is 0.815. The molecule has 0 saturated carbocycles. The van der Waals surface area contributed by atoms with E-state index >= 15 is 0 Å². The number of hydrogen-bond donors (Lipinski definition) is 0. The van der Waals surface area contributed by atoms with Gasteiger partial charge in [0.05, 0.1) is 12.2 Å². The van der Waals surface area contributed by atoms with Crippen LogP contribution in [0.4, 0.5) is 0 Å². The van der Waals surface area contributed by atoms with Crippen LogP contribution in [0.5, 0.6) is 0 Å². The lowest BCUT2D eigenvalue weighted by Crippen LogP contribution is -2.42. The molecule has 2 atom stereocenters. The van der Waals surface area contributed by atoms with Gasteiger partial charge in [-0.05, 0) is 37.9 Å². The molecule has 0 aromatic heterocycles. The average molecular weight is 338 g/mol. The van der Waals surface area contributed by atoms with Crippen LogP contribution < -0.4 is 0 Å². The van der Waals surface area contributed by atoms with Crippen molar-refractivity contribution in [3.8, 4) is 0 Å². The molecule has 1 aromatic rings. The van der Waals surface area contributed by atoms with E-state index in [0.29, 0.717) is 18.6 Å². The number of carbonyl (C=O) groups is 1. The summed E-state index contributed by atoms with van der Waals surface area (Å²) in [5, 5.41) is 0. The minimum Gasteiger partial charge on any atom is -0.372 e. The SMILES string of the molecule is O=C(CCCN1CC2CCC(C1)O2)c1ccc(Br)cc1. The van der Waals surface area contributed by atoms with Gasteiger partial charge in [-0.3, -0.25) is 9.69 Å². The molecular weight excluding hydrogens is 318 g/mol. The van der Waals surface area contributed by atoms with Crippen LogP contribution in [-0.4, -0.2) is 42.5 Å². The van der Waals surface area contributed by atoms with Crippen molar-refractivity contribution in [2.45, 2.75) is 37.9 Å². The third-order valence-electron chi connectivity index (χ3n) is 4.16. The number of morpholine rings is 1. The van der Waals surface area contributed by atoms with E-state index in [1.165, 1.54) is 12.8 Å². The molecule has 2 saturated heterocycles. The number of carbonyl (C=O) groups excluding carboxylic acids is 1. The summed E-state index contributed by atoms with van der Waals surface area (Å²) in [7, 11) is 0. The zero-order valence-electron chi connectivity index (χ0n) is 11.6. The first kappa shape index (κ1) is 14.2. The molecule has 20 heavy (non-hydrogen) atoms. The molecule has 2 aliphatic heterocycles. The second-order valence-corrected chi connectivity index (χ2v) is 6.67. The van der Waals surface area contributed by atoms with Crippen molar-refractivity contribution in [1.29, 1.82) is 0 Å². The van der Waals surface area contributed by atoms with Gasteiger partial charge in [0.2, 0.25) is 0 Å². The van der Waals surface area contributed by atoms with Crippen LogP contribution in [0.25, 0.3) is 0 Å². The fourth-order valence-electron chi connectivity index (χ4n) is 3.13. The van der Waals surface area contributed by atoms with Gasteiger partial charge in [-0.15, -0.1) is 0 Å². The lowest BCUT2D eigenvalue weighted by atomic mass is 10.1. The van der Waals surface area contributed by atoms with E-state index in [4.69, 9.17) is 4.74 Å². The Labute approximate surface area is 128 Å². The van der Waals surface area contributed by atoms with Crippen LogP contribution in [0, 0.1) is 0 Å². The Balaban J connectivity index is 1.43. The Bertz CT molecular complexity index is 462. The topological polar surface area (TPSA) is 29.5 Å². The number of benzene rings is 1. The summed E-state index contributed by atoms with van der Waals surface area (Å²) < 4.78 is 6.83. The number of halogens is 1. The Morgan fingerprint density at radius 3 is 2.50 bits per heavy atom. The summed E-state index contributed by atoms with van der Waals surface area (Å²) in [6.45, 7) is 3.10. The largest absolute Gasteiger partial charge is 0.372 e. The van der Waals surface area contributed by atoms with E-state index in [0.717, 1.165) is 36.1 Å². The number of fused-ring (bicyclic) bond motifs is 2. The van der Waals surface area contributed by atoms with Crippen LogP contribution in [0.2, 0.25) is 0 Å². The molecule has 2 aliphatic rings. The van der Waals surface area contributed by atoms with Crippen LogP contribution >= 0.6 is 15.9 Å². The third-order valence-corrected chi connectivity index (χ3v) is 4.69. The van der Waals surface area contributed by atoms with Gasteiger partial charge in [-0.25, -0.2) is 0 Å². The first-order chi connectivity index (χ1) is 9.70. The lowest BCUT2D eigenvalue weighted by molar-refractivity contribution is -0.0383. The second-order valence-electron chi connectivity index (χ2n) is 5.75. The first-order valence-electron chi connectivity index (χ1n) is 7.37. The Hall–Kier alpha value is -0.710. The predicted molar refractivity (Wildman–Crippen MR) is 82.0 cm³/mol. The highest BCUT2D eigenvalue weighted by Gasteiger charge is 2.33. The van der Waals surface area contributed by atoms with Crippen LogP contribution in [0.3, 0.4) is 0 Å². The quantitative estimate of drug-likeness (QED) is 0.772. The van der Waals surface area contributed by atoms with Gasteiger partial charge in [0.15, 0.2) is 5.78 Å². The maximum Gasteiger partial charge on any atom is 0.162 e. The standard InChI is InChI=1S/C16H20BrNO2/c17-13-5-3-12(4-6-13)16(19)2-1-9-18-10-14-7-8-15(11-18)20-14/h3-6,14-15H,1-2,7-11H2. The average Bonchev–Trinajstić information content (AvgIpc) is 2.78. The third kappa shape index (κ3) is 3.48. The molecule has 4 heteroatoms. The minimum atomic E-state index is 0.244. The Morgan fingerprint density at radius 1 is 1.20 bits per heavy atom. The number of nitrogens with zero attached hydrogens (tertiary/aromatic N) is 1. The van der Waals surface area contributed by atoms with Crippen molar-refractivity contribution >= 4 is 21.7 Å².